The number of carbonyl (C=O) groups excluding carboxylic acids is 1. The van der Waals surface area contributed by atoms with Gasteiger partial charge in [0.15, 0.2) is 0 Å². The molecule has 8 nitrogen and oxygen atoms in total. The van der Waals surface area contributed by atoms with E-state index in [4.69, 9.17) is 4.42 Å². The van der Waals surface area contributed by atoms with Crippen molar-refractivity contribution in [2.24, 2.45) is 0 Å². The van der Waals surface area contributed by atoms with Gasteiger partial charge in [-0.3, -0.25) is 0 Å². The quantitative estimate of drug-likeness (QED) is 0.718. The fourth-order valence-corrected chi connectivity index (χ4v) is 2.56. The maximum absolute atomic E-state index is 12.6. The standard InChI is InChI=1S/C19H22N6O2/c1-4-17-23-24-18(27-17)12-25(5-2)19(26)22-15-8-6-7-14(11-15)16-9-10-20-13(3)21-16/h6-11H,4-5,12H2,1-3H3,(H,22,26). The van der Waals surface area contributed by atoms with Crippen LogP contribution in [0.5, 0.6) is 0 Å². The summed E-state index contributed by atoms with van der Waals surface area (Å²) in [4.78, 5) is 22.8. The molecule has 0 atom stereocenters. The minimum absolute atomic E-state index is 0.232. The van der Waals surface area contributed by atoms with Gasteiger partial charge in [-0.15, -0.1) is 10.2 Å². The Morgan fingerprint density at radius 3 is 2.70 bits per heavy atom. The second kappa shape index (κ2) is 8.39. The lowest BCUT2D eigenvalue weighted by atomic mass is 10.1. The zero-order chi connectivity index (χ0) is 19.2. The van der Waals surface area contributed by atoms with Crippen LogP contribution in [0.1, 0.15) is 31.5 Å². The Morgan fingerprint density at radius 2 is 2.00 bits per heavy atom. The predicted octanol–water partition coefficient (Wildman–Crippen LogP) is 3.45. The number of aryl methyl sites for hydroxylation is 2. The van der Waals surface area contributed by atoms with Crippen LogP contribution in [0.15, 0.2) is 40.9 Å². The van der Waals surface area contributed by atoms with Crippen LogP contribution in [-0.4, -0.2) is 37.6 Å². The summed E-state index contributed by atoms with van der Waals surface area (Å²) in [6, 6.07) is 9.15. The van der Waals surface area contributed by atoms with Crippen LogP contribution in [0.3, 0.4) is 0 Å². The van der Waals surface area contributed by atoms with Crippen LogP contribution in [0.2, 0.25) is 0 Å². The molecule has 8 heteroatoms. The number of urea groups is 1. The van der Waals surface area contributed by atoms with E-state index in [1.54, 1.807) is 11.1 Å². The first-order chi connectivity index (χ1) is 13.1. The Morgan fingerprint density at radius 1 is 1.19 bits per heavy atom. The molecular weight excluding hydrogens is 344 g/mol. The number of hydrogen-bond acceptors (Lipinski definition) is 6. The van der Waals surface area contributed by atoms with Crippen molar-refractivity contribution in [2.45, 2.75) is 33.7 Å². The Bertz CT molecular complexity index is 924. The van der Waals surface area contributed by atoms with Gasteiger partial charge in [-0.05, 0) is 32.0 Å². The van der Waals surface area contributed by atoms with Crippen LogP contribution in [0.25, 0.3) is 11.3 Å². The zero-order valence-electron chi connectivity index (χ0n) is 15.6. The average molecular weight is 366 g/mol. The molecule has 0 bridgehead atoms. The van der Waals surface area contributed by atoms with E-state index < -0.39 is 0 Å². The number of rotatable bonds is 6. The van der Waals surface area contributed by atoms with Crippen LogP contribution in [-0.2, 0) is 13.0 Å². The molecule has 0 spiro atoms. The highest BCUT2D eigenvalue weighted by atomic mass is 16.4. The molecule has 2 heterocycles. The lowest BCUT2D eigenvalue weighted by Crippen LogP contribution is -2.34. The van der Waals surface area contributed by atoms with Crippen LogP contribution in [0, 0.1) is 6.92 Å². The van der Waals surface area contributed by atoms with Gasteiger partial charge in [0, 0.05) is 30.4 Å². The van der Waals surface area contributed by atoms with Crippen molar-refractivity contribution >= 4 is 11.7 Å². The number of nitrogens with one attached hydrogen (secondary N) is 1. The van der Waals surface area contributed by atoms with E-state index in [1.807, 2.05) is 51.1 Å². The predicted molar refractivity (Wildman–Crippen MR) is 101 cm³/mol. The number of amides is 2. The van der Waals surface area contributed by atoms with Crippen molar-refractivity contribution in [2.75, 3.05) is 11.9 Å². The fraction of sp³-hybridized carbons (Fsp3) is 0.316. The smallest absolute Gasteiger partial charge is 0.322 e. The van der Waals surface area contributed by atoms with E-state index in [-0.39, 0.29) is 12.6 Å². The van der Waals surface area contributed by atoms with Gasteiger partial charge in [-0.25, -0.2) is 14.8 Å². The van der Waals surface area contributed by atoms with E-state index in [1.165, 1.54) is 0 Å². The van der Waals surface area contributed by atoms with E-state index in [2.05, 4.69) is 25.5 Å². The lowest BCUT2D eigenvalue weighted by molar-refractivity contribution is 0.205. The van der Waals surface area contributed by atoms with Gasteiger partial charge in [-0.2, -0.15) is 0 Å². The first-order valence-electron chi connectivity index (χ1n) is 8.86. The summed E-state index contributed by atoms with van der Waals surface area (Å²) < 4.78 is 5.50. The molecule has 0 saturated carbocycles. The van der Waals surface area contributed by atoms with E-state index in [0.29, 0.717) is 36.3 Å². The molecule has 0 aliphatic heterocycles. The Balaban J connectivity index is 1.71. The molecule has 0 unspecified atom stereocenters. The SMILES string of the molecule is CCc1nnc(CN(CC)C(=O)Nc2cccc(-c3ccnc(C)n3)c2)o1. The molecular formula is C19H22N6O2. The lowest BCUT2D eigenvalue weighted by Gasteiger charge is -2.19. The molecule has 0 fully saturated rings. The van der Waals surface area contributed by atoms with Crippen LogP contribution in [0.4, 0.5) is 10.5 Å². The van der Waals surface area contributed by atoms with Gasteiger partial charge < -0.3 is 14.6 Å². The third kappa shape index (κ3) is 4.66. The molecule has 3 rings (SSSR count). The van der Waals surface area contributed by atoms with Gasteiger partial charge in [-0.1, -0.05) is 19.1 Å². The number of nitrogens with zero attached hydrogens (tertiary/aromatic N) is 5. The Labute approximate surface area is 157 Å². The van der Waals surface area contributed by atoms with Crippen LogP contribution >= 0.6 is 0 Å². The maximum atomic E-state index is 12.6. The number of benzene rings is 1. The number of aromatic nitrogens is 4. The van der Waals surface area contributed by atoms with Gasteiger partial charge in [0.2, 0.25) is 11.8 Å². The fourth-order valence-electron chi connectivity index (χ4n) is 2.56. The largest absolute Gasteiger partial charge is 0.423 e. The summed E-state index contributed by atoms with van der Waals surface area (Å²) in [6.07, 6.45) is 2.39. The molecule has 1 aromatic carbocycles. The van der Waals surface area contributed by atoms with Crippen molar-refractivity contribution in [3.63, 3.8) is 0 Å². The van der Waals surface area contributed by atoms with Crippen molar-refractivity contribution in [1.82, 2.24) is 25.1 Å². The first kappa shape index (κ1) is 18.5. The Hall–Kier alpha value is -3.29. The average Bonchev–Trinajstić information content (AvgIpc) is 3.14. The third-order valence-electron chi connectivity index (χ3n) is 3.99. The zero-order valence-corrected chi connectivity index (χ0v) is 15.6. The highest BCUT2D eigenvalue weighted by Crippen LogP contribution is 2.21. The second-order valence-corrected chi connectivity index (χ2v) is 5.96. The topological polar surface area (TPSA) is 97.0 Å². The molecule has 0 radical (unpaired) electrons. The number of hydrogen-bond donors (Lipinski definition) is 1. The summed E-state index contributed by atoms with van der Waals surface area (Å²) in [5, 5.41) is 10.8. The van der Waals surface area contributed by atoms with Gasteiger partial charge in [0.25, 0.3) is 0 Å². The molecule has 1 N–H and O–H groups in total. The van der Waals surface area contributed by atoms with Crippen LogP contribution < -0.4 is 5.32 Å². The monoisotopic (exact) mass is 366 g/mol. The summed E-state index contributed by atoms with van der Waals surface area (Å²) in [7, 11) is 0. The van der Waals surface area contributed by atoms with E-state index in [9.17, 15) is 4.79 Å². The molecule has 0 aliphatic rings. The van der Waals surface area contributed by atoms with Crippen molar-refractivity contribution in [1.29, 1.82) is 0 Å². The summed E-state index contributed by atoms with van der Waals surface area (Å²) in [5.74, 6) is 1.69. The van der Waals surface area contributed by atoms with Crippen molar-refractivity contribution in [3.8, 4) is 11.3 Å². The highest BCUT2D eigenvalue weighted by molar-refractivity contribution is 5.90. The minimum Gasteiger partial charge on any atom is -0.423 e. The first-order valence-corrected chi connectivity index (χ1v) is 8.86. The Kier molecular flexibility index (Phi) is 5.75. The van der Waals surface area contributed by atoms with Gasteiger partial charge in [0.1, 0.15) is 12.4 Å². The number of anilines is 1. The minimum atomic E-state index is -0.232. The molecule has 0 saturated heterocycles. The van der Waals surface area contributed by atoms with Gasteiger partial charge in [0.05, 0.1) is 5.69 Å². The number of carbonyl (C=O) groups is 1. The molecule has 27 heavy (non-hydrogen) atoms. The second-order valence-electron chi connectivity index (χ2n) is 5.96. The molecule has 2 aromatic heterocycles. The maximum Gasteiger partial charge on any atom is 0.322 e. The van der Waals surface area contributed by atoms with Crippen molar-refractivity contribution < 1.29 is 9.21 Å². The summed E-state index contributed by atoms with van der Waals surface area (Å²) in [5.41, 5.74) is 2.40. The molecule has 2 amide bonds. The molecule has 140 valence electrons. The third-order valence-corrected chi connectivity index (χ3v) is 3.99. The summed E-state index contributed by atoms with van der Waals surface area (Å²) in [6.45, 7) is 6.46. The molecule has 3 aromatic rings. The highest BCUT2D eigenvalue weighted by Gasteiger charge is 2.16. The molecule has 0 aliphatic carbocycles. The summed E-state index contributed by atoms with van der Waals surface area (Å²) >= 11 is 0. The van der Waals surface area contributed by atoms with E-state index >= 15 is 0 Å². The normalized spacial score (nSPS) is 10.6. The van der Waals surface area contributed by atoms with Crippen molar-refractivity contribution in [3.05, 3.63) is 54.1 Å². The van der Waals surface area contributed by atoms with E-state index in [0.717, 1.165) is 11.3 Å². The van der Waals surface area contributed by atoms with Gasteiger partial charge >= 0.3 is 6.03 Å².